The van der Waals surface area contributed by atoms with Gasteiger partial charge in [0.2, 0.25) is 0 Å². The van der Waals surface area contributed by atoms with Gasteiger partial charge in [0.05, 0.1) is 0 Å². The quantitative estimate of drug-likeness (QED) is 0.552. The summed E-state index contributed by atoms with van der Waals surface area (Å²) in [5, 5.41) is 7.00. The smallest absolute Gasteiger partial charge is 0.191 e. The third kappa shape index (κ3) is 5.94. The molecule has 0 aromatic carbocycles. The molecule has 1 fully saturated rings. The molecule has 0 spiro atoms. The average molecular weight is 239 g/mol. The van der Waals surface area contributed by atoms with Crippen molar-refractivity contribution in [3.8, 4) is 0 Å². The molecule has 3 heteroatoms. The van der Waals surface area contributed by atoms with Crippen LogP contribution in [0.4, 0.5) is 0 Å². The largest absolute Gasteiger partial charge is 0.354 e. The molecule has 0 aliphatic heterocycles. The predicted molar refractivity (Wildman–Crippen MR) is 75.4 cm³/mol. The standard InChI is InChI=1S/C14H29N3/c1-6-15-14(17-13-9-11(13)4)16-12(5)8-7-10(2)3/h10-13H,6-9H2,1-5H3,(H2,15,16,17). The maximum atomic E-state index is 4.50. The number of rotatable bonds is 6. The molecular formula is C14H29N3. The van der Waals surface area contributed by atoms with Gasteiger partial charge in [0.25, 0.3) is 0 Å². The molecule has 0 radical (unpaired) electrons. The van der Waals surface area contributed by atoms with Crippen LogP contribution in [0.5, 0.6) is 0 Å². The number of aliphatic imine (C=N–C) groups is 1. The Morgan fingerprint density at radius 2 is 1.94 bits per heavy atom. The van der Waals surface area contributed by atoms with E-state index in [0.717, 1.165) is 24.3 Å². The summed E-state index contributed by atoms with van der Waals surface area (Å²) >= 11 is 0. The molecule has 3 unspecified atom stereocenters. The molecule has 17 heavy (non-hydrogen) atoms. The Morgan fingerprint density at radius 1 is 1.29 bits per heavy atom. The van der Waals surface area contributed by atoms with Gasteiger partial charge in [0.15, 0.2) is 5.96 Å². The maximum Gasteiger partial charge on any atom is 0.191 e. The first kappa shape index (κ1) is 14.3. The van der Waals surface area contributed by atoms with Gasteiger partial charge in [-0.1, -0.05) is 20.8 Å². The predicted octanol–water partition coefficient (Wildman–Crippen LogP) is 2.77. The Morgan fingerprint density at radius 3 is 2.41 bits per heavy atom. The minimum absolute atomic E-state index is 0.504. The van der Waals surface area contributed by atoms with E-state index >= 15 is 0 Å². The van der Waals surface area contributed by atoms with Crippen LogP contribution in [0.15, 0.2) is 4.99 Å². The second kappa shape index (κ2) is 6.87. The van der Waals surface area contributed by atoms with Crippen LogP contribution >= 0.6 is 0 Å². The van der Waals surface area contributed by atoms with Crippen molar-refractivity contribution in [3.63, 3.8) is 0 Å². The van der Waals surface area contributed by atoms with Crippen LogP contribution in [-0.4, -0.2) is 24.6 Å². The van der Waals surface area contributed by atoms with Crippen LogP contribution < -0.4 is 10.6 Å². The summed E-state index contributed by atoms with van der Waals surface area (Å²) < 4.78 is 0. The third-order valence-corrected chi connectivity index (χ3v) is 3.31. The van der Waals surface area contributed by atoms with Crippen molar-refractivity contribution in [2.24, 2.45) is 16.8 Å². The molecule has 2 N–H and O–H groups in total. The molecule has 1 aliphatic rings. The van der Waals surface area contributed by atoms with Gasteiger partial charge in [-0.15, -0.1) is 0 Å². The van der Waals surface area contributed by atoms with Gasteiger partial charge in [0, 0.05) is 18.6 Å². The highest BCUT2D eigenvalue weighted by Crippen LogP contribution is 2.28. The van der Waals surface area contributed by atoms with E-state index in [0.29, 0.717) is 12.1 Å². The number of hydrogen-bond donors (Lipinski definition) is 2. The highest BCUT2D eigenvalue weighted by Gasteiger charge is 2.33. The minimum atomic E-state index is 0.504. The number of nitrogens with one attached hydrogen (secondary N) is 2. The van der Waals surface area contributed by atoms with Crippen molar-refractivity contribution < 1.29 is 0 Å². The van der Waals surface area contributed by atoms with Crippen molar-refractivity contribution in [3.05, 3.63) is 0 Å². The molecule has 0 aromatic heterocycles. The van der Waals surface area contributed by atoms with Crippen molar-refractivity contribution in [2.45, 2.75) is 66.0 Å². The summed E-state index contributed by atoms with van der Waals surface area (Å²) in [5.41, 5.74) is 0. The van der Waals surface area contributed by atoms with Gasteiger partial charge in [-0.3, -0.25) is 4.99 Å². The van der Waals surface area contributed by atoms with E-state index < -0.39 is 0 Å². The van der Waals surface area contributed by atoms with Crippen LogP contribution in [0, 0.1) is 11.8 Å². The Hall–Kier alpha value is -0.730. The van der Waals surface area contributed by atoms with E-state index in [1.54, 1.807) is 0 Å². The maximum absolute atomic E-state index is 4.50. The Kier molecular flexibility index (Phi) is 5.79. The lowest BCUT2D eigenvalue weighted by Crippen LogP contribution is -2.43. The summed E-state index contributed by atoms with van der Waals surface area (Å²) in [6.07, 6.45) is 3.76. The SMILES string of the molecule is CCN=C(NC(C)CCC(C)C)NC1CC1C. The fourth-order valence-electron chi connectivity index (χ4n) is 1.88. The topological polar surface area (TPSA) is 36.4 Å². The van der Waals surface area contributed by atoms with E-state index in [1.165, 1.54) is 19.3 Å². The van der Waals surface area contributed by atoms with Crippen LogP contribution in [0.1, 0.15) is 53.9 Å². The van der Waals surface area contributed by atoms with Crippen LogP contribution in [0.3, 0.4) is 0 Å². The molecular weight excluding hydrogens is 210 g/mol. The summed E-state index contributed by atoms with van der Waals surface area (Å²) in [4.78, 5) is 4.50. The van der Waals surface area contributed by atoms with Crippen molar-refractivity contribution in [1.82, 2.24) is 10.6 Å². The van der Waals surface area contributed by atoms with Gasteiger partial charge in [-0.2, -0.15) is 0 Å². The lowest BCUT2D eigenvalue weighted by molar-refractivity contribution is 0.488. The van der Waals surface area contributed by atoms with Gasteiger partial charge >= 0.3 is 0 Å². The third-order valence-electron chi connectivity index (χ3n) is 3.31. The number of nitrogens with zero attached hydrogens (tertiary/aromatic N) is 1. The molecule has 100 valence electrons. The van der Waals surface area contributed by atoms with Crippen LogP contribution in [-0.2, 0) is 0 Å². The van der Waals surface area contributed by atoms with Gasteiger partial charge in [-0.05, 0) is 44.9 Å². The normalized spacial score (nSPS) is 25.9. The first-order valence-corrected chi connectivity index (χ1v) is 7.10. The lowest BCUT2D eigenvalue weighted by atomic mass is 10.0. The Balaban J connectivity index is 2.30. The van der Waals surface area contributed by atoms with Crippen LogP contribution in [0.2, 0.25) is 0 Å². The number of hydrogen-bond acceptors (Lipinski definition) is 1. The molecule has 0 saturated heterocycles. The molecule has 0 aromatic rings. The van der Waals surface area contributed by atoms with E-state index in [-0.39, 0.29) is 0 Å². The molecule has 0 bridgehead atoms. The highest BCUT2D eigenvalue weighted by atomic mass is 15.2. The minimum Gasteiger partial charge on any atom is -0.354 e. The molecule has 1 rings (SSSR count). The Bertz CT molecular complexity index is 248. The second-order valence-electron chi connectivity index (χ2n) is 5.80. The van der Waals surface area contributed by atoms with Crippen molar-refractivity contribution in [2.75, 3.05) is 6.54 Å². The van der Waals surface area contributed by atoms with E-state index in [2.05, 4.69) is 50.2 Å². The lowest BCUT2D eigenvalue weighted by Gasteiger charge is -2.19. The number of guanidine groups is 1. The van der Waals surface area contributed by atoms with E-state index in [1.807, 2.05) is 0 Å². The highest BCUT2D eigenvalue weighted by molar-refractivity contribution is 5.80. The zero-order chi connectivity index (χ0) is 12.8. The zero-order valence-electron chi connectivity index (χ0n) is 12.1. The summed E-state index contributed by atoms with van der Waals surface area (Å²) in [5.74, 6) is 2.59. The summed E-state index contributed by atoms with van der Waals surface area (Å²) in [7, 11) is 0. The van der Waals surface area contributed by atoms with Gasteiger partial charge in [-0.25, -0.2) is 0 Å². The molecule has 1 saturated carbocycles. The molecule has 3 atom stereocenters. The molecule has 0 amide bonds. The monoisotopic (exact) mass is 239 g/mol. The van der Waals surface area contributed by atoms with E-state index in [9.17, 15) is 0 Å². The first-order chi connectivity index (χ1) is 8.02. The van der Waals surface area contributed by atoms with Gasteiger partial charge < -0.3 is 10.6 Å². The average Bonchev–Trinajstić information content (AvgIpc) is 2.91. The van der Waals surface area contributed by atoms with Crippen LogP contribution in [0.25, 0.3) is 0 Å². The fraction of sp³-hybridized carbons (Fsp3) is 0.929. The van der Waals surface area contributed by atoms with Crippen molar-refractivity contribution >= 4 is 5.96 Å². The van der Waals surface area contributed by atoms with Gasteiger partial charge in [0.1, 0.15) is 0 Å². The van der Waals surface area contributed by atoms with E-state index in [4.69, 9.17) is 0 Å². The Labute approximate surface area is 106 Å². The zero-order valence-corrected chi connectivity index (χ0v) is 12.1. The fourth-order valence-corrected chi connectivity index (χ4v) is 1.88. The first-order valence-electron chi connectivity index (χ1n) is 7.10. The summed E-state index contributed by atoms with van der Waals surface area (Å²) in [6, 6.07) is 1.15. The summed E-state index contributed by atoms with van der Waals surface area (Å²) in [6.45, 7) is 12.0. The molecule has 1 aliphatic carbocycles. The second-order valence-corrected chi connectivity index (χ2v) is 5.80. The molecule has 3 nitrogen and oxygen atoms in total. The molecule has 0 heterocycles. The van der Waals surface area contributed by atoms with Crippen molar-refractivity contribution in [1.29, 1.82) is 0 Å².